The molecule has 2 aromatic rings. The summed E-state index contributed by atoms with van der Waals surface area (Å²) in [5, 5.41) is 3.37. The van der Waals surface area contributed by atoms with Crippen LogP contribution in [0.4, 0.5) is 11.4 Å². The predicted molar refractivity (Wildman–Crippen MR) is 82.0 cm³/mol. The average Bonchev–Trinajstić information content (AvgIpc) is 2.85. The standard InChI is InChI=1S/C15H22N4O/c1-3-10-20-14-11-12(4-5-13(14)16)17-7-6-15-18-8-9-19(15)2/h4-5,8-9,11,17H,3,6-7,10,16H2,1-2H3. The van der Waals surface area contributed by atoms with Crippen LogP contribution >= 0.6 is 0 Å². The molecular formula is C15H22N4O. The number of rotatable bonds is 7. The van der Waals surface area contributed by atoms with Gasteiger partial charge in [0.1, 0.15) is 11.6 Å². The minimum Gasteiger partial charge on any atom is -0.491 e. The first-order valence-electron chi connectivity index (χ1n) is 6.93. The molecule has 1 aromatic heterocycles. The van der Waals surface area contributed by atoms with Gasteiger partial charge in [0.25, 0.3) is 0 Å². The number of aromatic nitrogens is 2. The van der Waals surface area contributed by atoms with Gasteiger partial charge >= 0.3 is 0 Å². The molecule has 1 heterocycles. The van der Waals surface area contributed by atoms with Crippen molar-refractivity contribution in [2.75, 3.05) is 24.2 Å². The molecule has 0 aliphatic rings. The topological polar surface area (TPSA) is 65.1 Å². The Morgan fingerprint density at radius 3 is 2.95 bits per heavy atom. The van der Waals surface area contributed by atoms with Crippen molar-refractivity contribution in [3.63, 3.8) is 0 Å². The maximum Gasteiger partial charge on any atom is 0.144 e. The molecule has 0 aliphatic carbocycles. The van der Waals surface area contributed by atoms with Gasteiger partial charge in [-0.05, 0) is 18.6 Å². The maximum atomic E-state index is 5.89. The Morgan fingerprint density at radius 2 is 2.25 bits per heavy atom. The van der Waals surface area contributed by atoms with Gasteiger partial charge < -0.3 is 20.4 Å². The highest BCUT2D eigenvalue weighted by Crippen LogP contribution is 2.25. The summed E-state index contributed by atoms with van der Waals surface area (Å²) < 4.78 is 7.64. The van der Waals surface area contributed by atoms with Gasteiger partial charge in [-0.25, -0.2) is 4.98 Å². The summed E-state index contributed by atoms with van der Waals surface area (Å²) in [6, 6.07) is 5.78. The van der Waals surface area contributed by atoms with E-state index >= 15 is 0 Å². The Morgan fingerprint density at radius 1 is 1.40 bits per heavy atom. The van der Waals surface area contributed by atoms with E-state index in [1.54, 1.807) is 0 Å². The molecule has 0 spiro atoms. The van der Waals surface area contributed by atoms with Crippen molar-refractivity contribution in [2.24, 2.45) is 7.05 Å². The minimum absolute atomic E-state index is 0.674. The van der Waals surface area contributed by atoms with E-state index < -0.39 is 0 Å². The zero-order valence-corrected chi connectivity index (χ0v) is 12.1. The highest BCUT2D eigenvalue weighted by atomic mass is 16.5. The van der Waals surface area contributed by atoms with E-state index in [0.29, 0.717) is 12.3 Å². The third-order valence-electron chi connectivity index (χ3n) is 3.07. The fourth-order valence-electron chi connectivity index (χ4n) is 1.94. The first kappa shape index (κ1) is 14.2. The number of nitrogens with one attached hydrogen (secondary N) is 1. The molecule has 20 heavy (non-hydrogen) atoms. The monoisotopic (exact) mass is 274 g/mol. The number of benzene rings is 1. The normalized spacial score (nSPS) is 10.5. The number of imidazole rings is 1. The summed E-state index contributed by atoms with van der Waals surface area (Å²) in [5.74, 6) is 1.81. The molecule has 0 bridgehead atoms. The third-order valence-corrected chi connectivity index (χ3v) is 3.07. The largest absolute Gasteiger partial charge is 0.491 e. The molecule has 0 saturated carbocycles. The molecule has 5 heteroatoms. The molecule has 0 aliphatic heterocycles. The third kappa shape index (κ3) is 3.66. The molecule has 0 saturated heterocycles. The van der Waals surface area contributed by atoms with Crippen molar-refractivity contribution < 1.29 is 4.74 Å². The Labute approximate surface area is 119 Å². The smallest absolute Gasteiger partial charge is 0.144 e. The van der Waals surface area contributed by atoms with Crippen LogP contribution in [-0.4, -0.2) is 22.7 Å². The predicted octanol–water partition coefficient (Wildman–Crippen LogP) is 2.45. The molecule has 1 aromatic carbocycles. The van der Waals surface area contributed by atoms with E-state index in [4.69, 9.17) is 10.5 Å². The lowest BCUT2D eigenvalue weighted by atomic mass is 10.2. The SMILES string of the molecule is CCCOc1cc(NCCc2nccn2C)ccc1N. The van der Waals surface area contributed by atoms with E-state index in [-0.39, 0.29) is 0 Å². The average molecular weight is 274 g/mol. The van der Waals surface area contributed by atoms with Gasteiger partial charge in [0.15, 0.2) is 0 Å². The summed E-state index contributed by atoms with van der Waals surface area (Å²) in [5.41, 5.74) is 7.58. The van der Waals surface area contributed by atoms with E-state index in [9.17, 15) is 0 Å². The van der Waals surface area contributed by atoms with E-state index in [2.05, 4.69) is 17.2 Å². The first-order chi connectivity index (χ1) is 9.70. The lowest BCUT2D eigenvalue weighted by Gasteiger charge is -2.11. The van der Waals surface area contributed by atoms with E-state index in [1.807, 2.05) is 42.2 Å². The fourth-order valence-corrected chi connectivity index (χ4v) is 1.94. The van der Waals surface area contributed by atoms with Crippen LogP contribution in [0.3, 0.4) is 0 Å². The van der Waals surface area contributed by atoms with Crippen LogP contribution in [0.5, 0.6) is 5.75 Å². The Bertz CT molecular complexity index is 551. The number of anilines is 2. The number of hydrogen-bond donors (Lipinski definition) is 2. The van der Waals surface area contributed by atoms with Crippen LogP contribution in [0.25, 0.3) is 0 Å². The number of nitrogen functional groups attached to an aromatic ring is 1. The Kier molecular flexibility index (Phi) is 4.87. The molecule has 108 valence electrons. The second kappa shape index (κ2) is 6.84. The van der Waals surface area contributed by atoms with Gasteiger partial charge in [0.2, 0.25) is 0 Å². The summed E-state index contributed by atoms with van der Waals surface area (Å²) in [6.45, 7) is 3.58. The van der Waals surface area contributed by atoms with Gasteiger partial charge in [0, 0.05) is 44.2 Å². The highest BCUT2D eigenvalue weighted by Gasteiger charge is 2.03. The molecule has 5 nitrogen and oxygen atoms in total. The fraction of sp³-hybridized carbons (Fsp3) is 0.400. The van der Waals surface area contributed by atoms with Crippen LogP contribution in [-0.2, 0) is 13.5 Å². The van der Waals surface area contributed by atoms with Crippen molar-refractivity contribution >= 4 is 11.4 Å². The van der Waals surface area contributed by atoms with Crippen LogP contribution < -0.4 is 15.8 Å². The van der Waals surface area contributed by atoms with Gasteiger partial charge in [-0.3, -0.25) is 0 Å². The molecule has 0 fully saturated rings. The number of aryl methyl sites for hydroxylation is 1. The Hall–Kier alpha value is -2.17. The minimum atomic E-state index is 0.674. The first-order valence-corrected chi connectivity index (χ1v) is 6.93. The lowest BCUT2D eigenvalue weighted by molar-refractivity contribution is 0.319. The molecule has 2 rings (SSSR count). The summed E-state index contributed by atoms with van der Waals surface area (Å²) in [7, 11) is 2.00. The summed E-state index contributed by atoms with van der Waals surface area (Å²) in [6.07, 6.45) is 5.61. The number of nitrogens with zero attached hydrogens (tertiary/aromatic N) is 2. The summed E-state index contributed by atoms with van der Waals surface area (Å²) in [4.78, 5) is 4.30. The lowest BCUT2D eigenvalue weighted by Crippen LogP contribution is -2.09. The molecular weight excluding hydrogens is 252 g/mol. The number of ether oxygens (including phenoxy) is 1. The molecule has 3 N–H and O–H groups in total. The van der Waals surface area contributed by atoms with Crippen LogP contribution in [0.15, 0.2) is 30.6 Å². The van der Waals surface area contributed by atoms with Crippen molar-refractivity contribution in [3.8, 4) is 5.75 Å². The van der Waals surface area contributed by atoms with Gasteiger partial charge in [-0.15, -0.1) is 0 Å². The quantitative estimate of drug-likeness (QED) is 0.761. The molecule has 0 unspecified atom stereocenters. The molecule has 0 radical (unpaired) electrons. The van der Waals surface area contributed by atoms with E-state index in [1.165, 1.54) is 0 Å². The second-order valence-corrected chi connectivity index (χ2v) is 4.73. The zero-order valence-electron chi connectivity index (χ0n) is 12.1. The summed E-state index contributed by atoms with van der Waals surface area (Å²) >= 11 is 0. The second-order valence-electron chi connectivity index (χ2n) is 4.73. The van der Waals surface area contributed by atoms with Crippen LogP contribution in [0.1, 0.15) is 19.2 Å². The number of hydrogen-bond acceptors (Lipinski definition) is 4. The zero-order chi connectivity index (χ0) is 14.4. The van der Waals surface area contributed by atoms with Crippen molar-refractivity contribution in [1.29, 1.82) is 0 Å². The van der Waals surface area contributed by atoms with E-state index in [0.717, 1.165) is 36.6 Å². The van der Waals surface area contributed by atoms with Crippen molar-refractivity contribution in [1.82, 2.24) is 9.55 Å². The van der Waals surface area contributed by atoms with Crippen molar-refractivity contribution in [3.05, 3.63) is 36.4 Å². The van der Waals surface area contributed by atoms with Crippen LogP contribution in [0, 0.1) is 0 Å². The van der Waals surface area contributed by atoms with Crippen molar-refractivity contribution in [2.45, 2.75) is 19.8 Å². The Balaban J connectivity index is 1.91. The van der Waals surface area contributed by atoms with Gasteiger partial charge in [-0.1, -0.05) is 6.92 Å². The van der Waals surface area contributed by atoms with Gasteiger partial charge in [-0.2, -0.15) is 0 Å². The molecule has 0 atom stereocenters. The molecule has 0 amide bonds. The number of nitrogens with two attached hydrogens (primary N) is 1. The van der Waals surface area contributed by atoms with Gasteiger partial charge in [0.05, 0.1) is 12.3 Å². The van der Waals surface area contributed by atoms with Crippen LogP contribution in [0.2, 0.25) is 0 Å². The highest BCUT2D eigenvalue weighted by molar-refractivity contribution is 5.61. The maximum absolute atomic E-state index is 5.89.